The molecule has 114 valence electrons. The van der Waals surface area contributed by atoms with Crippen LogP contribution in [0.5, 0.6) is 0 Å². The first-order valence-corrected chi connectivity index (χ1v) is 7.60. The zero-order valence-electron chi connectivity index (χ0n) is 12.7. The maximum absolute atomic E-state index is 12.5. The van der Waals surface area contributed by atoms with Gasteiger partial charge in [0.2, 0.25) is 0 Å². The van der Waals surface area contributed by atoms with Crippen LogP contribution in [0.4, 0.5) is 5.82 Å². The van der Waals surface area contributed by atoms with Crippen LogP contribution in [0.1, 0.15) is 24.1 Å². The molecule has 3 heterocycles. The Labute approximate surface area is 125 Å². The number of likely N-dealkylation sites (tertiary alicyclic amines) is 1. The van der Waals surface area contributed by atoms with E-state index in [1.165, 1.54) is 0 Å². The van der Waals surface area contributed by atoms with Gasteiger partial charge < -0.3 is 14.5 Å². The average molecular weight is 290 g/mol. The number of hydrogen-bond donors (Lipinski definition) is 0. The summed E-state index contributed by atoms with van der Waals surface area (Å²) in [5, 5.41) is 0. The number of hydrogen-bond acceptors (Lipinski definition) is 5. The highest BCUT2D eigenvalue weighted by molar-refractivity contribution is 5.82. The summed E-state index contributed by atoms with van der Waals surface area (Å²) in [4.78, 5) is 25.1. The molecule has 2 fully saturated rings. The van der Waals surface area contributed by atoms with E-state index in [1.54, 1.807) is 6.33 Å². The number of ether oxygens (including phenoxy) is 1. The Kier molecular flexibility index (Phi) is 4.05. The lowest BCUT2D eigenvalue weighted by Crippen LogP contribution is -2.51. The van der Waals surface area contributed by atoms with E-state index >= 15 is 0 Å². The van der Waals surface area contributed by atoms with Crippen LogP contribution in [0.2, 0.25) is 0 Å². The van der Waals surface area contributed by atoms with Crippen LogP contribution >= 0.6 is 0 Å². The summed E-state index contributed by atoms with van der Waals surface area (Å²) in [5.74, 6) is 1.05. The minimum atomic E-state index is -0.369. The smallest absolute Gasteiger partial charge is 0.253 e. The number of carbonyl (C=O) groups excluding carboxylic acids is 1. The van der Waals surface area contributed by atoms with Crippen LogP contribution in [0.25, 0.3) is 0 Å². The first-order chi connectivity index (χ1) is 10.2. The van der Waals surface area contributed by atoms with Gasteiger partial charge in [0.05, 0.1) is 13.2 Å². The van der Waals surface area contributed by atoms with Crippen LogP contribution in [-0.2, 0) is 9.53 Å². The Morgan fingerprint density at radius 2 is 2.00 bits per heavy atom. The minimum Gasteiger partial charge on any atom is -0.365 e. The maximum atomic E-state index is 12.5. The van der Waals surface area contributed by atoms with Gasteiger partial charge in [-0.05, 0) is 26.7 Å². The molecule has 2 aliphatic rings. The Morgan fingerprint density at radius 3 is 2.76 bits per heavy atom. The highest BCUT2D eigenvalue weighted by Crippen LogP contribution is 2.22. The second kappa shape index (κ2) is 5.97. The molecule has 2 saturated heterocycles. The molecule has 0 N–H and O–H groups in total. The molecule has 1 unspecified atom stereocenters. The summed E-state index contributed by atoms with van der Waals surface area (Å²) < 4.78 is 5.70. The molecule has 0 aliphatic carbocycles. The second-order valence-electron chi connectivity index (χ2n) is 5.75. The first kappa shape index (κ1) is 14.3. The third kappa shape index (κ3) is 2.85. The van der Waals surface area contributed by atoms with E-state index in [0.717, 1.165) is 49.6 Å². The van der Waals surface area contributed by atoms with Crippen molar-refractivity contribution in [2.75, 3.05) is 37.7 Å². The summed E-state index contributed by atoms with van der Waals surface area (Å²) in [7, 11) is 0. The summed E-state index contributed by atoms with van der Waals surface area (Å²) in [6.07, 6.45) is 3.43. The van der Waals surface area contributed by atoms with E-state index in [9.17, 15) is 4.79 Å². The molecule has 0 aromatic carbocycles. The van der Waals surface area contributed by atoms with Gasteiger partial charge in [-0.1, -0.05) is 0 Å². The monoisotopic (exact) mass is 290 g/mol. The molecule has 3 rings (SSSR count). The van der Waals surface area contributed by atoms with Crippen LogP contribution < -0.4 is 4.90 Å². The van der Waals surface area contributed by atoms with Crippen molar-refractivity contribution in [3.63, 3.8) is 0 Å². The number of rotatable bonds is 2. The summed E-state index contributed by atoms with van der Waals surface area (Å²) in [6.45, 7) is 7.64. The van der Waals surface area contributed by atoms with Gasteiger partial charge >= 0.3 is 0 Å². The third-order valence-electron chi connectivity index (χ3n) is 4.37. The zero-order chi connectivity index (χ0) is 14.8. The van der Waals surface area contributed by atoms with Crippen molar-refractivity contribution in [2.45, 2.75) is 32.8 Å². The van der Waals surface area contributed by atoms with Crippen LogP contribution in [-0.4, -0.2) is 59.7 Å². The lowest BCUT2D eigenvalue weighted by atomic mass is 10.2. The van der Waals surface area contributed by atoms with Crippen molar-refractivity contribution in [3.05, 3.63) is 17.6 Å². The van der Waals surface area contributed by atoms with Crippen molar-refractivity contribution in [1.82, 2.24) is 14.9 Å². The average Bonchev–Trinajstić information content (AvgIpc) is 3.04. The van der Waals surface area contributed by atoms with Crippen LogP contribution in [0, 0.1) is 13.8 Å². The fourth-order valence-electron chi connectivity index (χ4n) is 2.98. The molecule has 1 amide bonds. The highest BCUT2D eigenvalue weighted by Gasteiger charge is 2.32. The standard InChI is InChI=1S/C15H22N4O2/c1-11-12(2)16-10-17-14(11)19-7-8-21-13(9-19)15(20)18-5-3-4-6-18/h10,13H,3-9H2,1-2H3. The van der Waals surface area contributed by atoms with Crippen molar-refractivity contribution < 1.29 is 9.53 Å². The number of nitrogens with zero attached hydrogens (tertiary/aromatic N) is 4. The molecular weight excluding hydrogens is 268 g/mol. The SMILES string of the molecule is Cc1ncnc(N2CCOC(C(=O)N3CCCC3)C2)c1C. The van der Waals surface area contributed by atoms with Crippen LogP contribution in [0.3, 0.4) is 0 Å². The predicted octanol–water partition coefficient (Wildman–Crippen LogP) is 0.921. The Hall–Kier alpha value is -1.69. The van der Waals surface area contributed by atoms with E-state index in [0.29, 0.717) is 13.2 Å². The predicted molar refractivity (Wildman–Crippen MR) is 79.3 cm³/mol. The van der Waals surface area contributed by atoms with E-state index in [4.69, 9.17) is 4.74 Å². The Balaban J connectivity index is 1.73. The molecule has 21 heavy (non-hydrogen) atoms. The zero-order valence-corrected chi connectivity index (χ0v) is 12.7. The number of carbonyl (C=O) groups is 1. The number of aromatic nitrogens is 2. The van der Waals surface area contributed by atoms with Gasteiger partial charge in [-0.3, -0.25) is 4.79 Å². The molecule has 0 spiro atoms. The van der Waals surface area contributed by atoms with E-state index in [2.05, 4.69) is 14.9 Å². The largest absolute Gasteiger partial charge is 0.365 e. The van der Waals surface area contributed by atoms with Crippen molar-refractivity contribution >= 4 is 11.7 Å². The summed E-state index contributed by atoms with van der Waals surface area (Å²) in [5.41, 5.74) is 2.06. The summed E-state index contributed by atoms with van der Waals surface area (Å²) >= 11 is 0. The molecule has 1 atom stereocenters. The van der Waals surface area contributed by atoms with Gasteiger partial charge in [0.15, 0.2) is 6.10 Å². The van der Waals surface area contributed by atoms with Gasteiger partial charge in [-0.15, -0.1) is 0 Å². The van der Waals surface area contributed by atoms with Crippen molar-refractivity contribution in [3.8, 4) is 0 Å². The second-order valence-corrected chi connectivity index (χ2v) is 5.75. The van der Waals surface area contributed by atoms with Gasteiger partial charge in [-0.2, -0.15) is 0 Å². The molecule has 2 aliphatic heterocycles. The van der Waals surface area contributed by atoms with Crippen molar-refractivity contribution in [1.29, 1.82) is 0 Å². The normalized spacial score (nSPS) is 22.7. The molecule has 1 aromatic rings. The van der Waals surface area contributed by atoms with Crippen molar-refractivity contribution in [2.24, 2.45) is 0 Å². The molecule has 0 bridgehead atoms. The van der Waals surface area contributed by atoms with Gasteiger partial charge in [-0.25, -0.2) is 9.97 Å². The number of aryl methyl sites for hydroxylation is 1. The molecule has 6 heteroatoms. The van der Waals surface area contributed by atoms with Gasteiger partial charge in [0, 0.05) is 30.9 Å². The first-order valence-electron chi connectivity index (χ1n) is 7.60. The molecule has 0 radical (unpaired) electrons. The minimum absolute atomic E-state index is 0.126. The van der Waals surface area contributed by atoms with E-state index in [1.807, 2.05) is 18.7 Å². The number of amides is 1. The number of morpholine rings is 1. The Morgan fingerprint density at radius 1 is 1.24 bits per heavy atom. The quantitative estimate of drug-likeness (QED) is 0.810. The van der Waals surface area contributed by atoms with Gasteiger partial charge in [0.1, 0.15) is 12.1 Å². The lowest BCUT2D eigenvalue weighted by Gasteiger charge is -2.35. The highest BCUT2D eigenvalue weighted by atomic mass is 16.5. The lowest BCUT2D eigenvalue weighted by molar-refractivity contribution is -0.143. The number of anilines is 1. The Bertz CT molecular complexity index is 528. The third-order valence-corrected chi connectivity index (χ3v) is 4.37. The summed E-state index contributed by atoms with van der Waals surface area (Å²) in [6, 6.07) is 0. The fraction of sp³-hybridized carbons (Fsp3) is 0.667. The molecule has 6 nitrogen and oxygen atoms in total. The molecule has 1 aromatic heterocycles. The molecular formula is C15H22N4O2. The van der Waals surface area contributed by atoms with E-state index in [-0.39, 0.29) is 12.0 Å². The van der Waals surface area contributed by atoms with Gasteiger partial charge in [0.25, 0.3) is 5.91 Å². The molecule has 0 saturated carbocycles. The van der Waals surface area contributed by atoms with Crippen LogP contribution in [0.15, 0.2) is 6.33 Å². The van der Waals surface area contributed by atoms with E-state index < -0.39 is 0 Å². The topological polar surface area (TPSA) is 58.6 Å². The fourth-order valence-corrected chi connectivity index (χ4v) is 2.98. The maximum Gasteiger partial charge on any atom is 0.253 e.